The predicted molar refractivity (Wildman–Crippen MR) is 69.2 cm³/mol. The van der Waals surface area contributed by atoms with Crippen molar-refractivity contribution in [1.29, 1.82) is 0 Å². The van der Waals surface area contributed by atoms with Gasteiger partial charge in [0.2, 0.25) is 0 Å². The highest BCUT2D eigenvalue weighted by atomic mass is 16.5. The van der Waals surface area contributed by atoms with E-state index in [0.29, 0.717) is 6.42 Å². The molecule has 1 rings (SSSR count). The zero-order valence-electron chi connectivity index (χ0n) is 10.8. The van der Waals surface area contributed by atoms with Crippen LogP contribution in [0.15, 0.2) is 30.3 Å². The average Bonchev–Trinajstić information content (AvgIpc) is 2.37. The van der Waals surface area contributed by atoms with Gasteiger partial charge < -0.3 is 9.84 Å². The van der Waals surface area contributed by atoms with Crippen molar-refractivity contribution < 1.29 is 19.4 Å². The molecule has 0 aromatic heterocycles. The van der Waals surface area contributed by atoms with Crippen molar-refractivity contribution >= 4 is 12.1 Å². The monoisotopic (exact) mass is 266 g/mol. The molecule has 0 fully saturated rings. The summed E-state index contributed by atoms with van der Waals surface area (Å²) in [6.45, 7) is 1.84. The Morgan fingerprint density at radius 3 is 2.53 bits per heavy atom. The van der Waals surface area contributed by atoms with Gasteiger partial charge in [0.25, 0.3) is 0 Å². The van der Waals surface area contributed by atoms with E-state index in [1.807, 2.05) is 18.2 Å². The lowest BCUT2D eigenvalue weighted by Gasteiger charge is -2.24. The van der Waals surface area contributed by atoms with E-state index in [9.17, 15) is 9.59 Å². The van der Waals surface area contributed by atoms with Crippen LogP contribution < -0.4 is 11.1 Å². The molecule has 0 unspecified atom stereocenters. The zero-order valence-corrected chi connectivity index (χ0v) is 10.8. The molecule has 0 bridgehead atoms. The van der Waals surface area contributed by atoms with Crippen molar-refractivity contribution in [3.8, 4) is 0 Å². The molecular weight excluding hydrogens is 248 g/mol. The topological polar surface area (TPSA) is 102 Å². The van der Waals surface area contributed by atoms with Crippen LogP contribution in [0.4, 0.5) is 4.79 Å². The number of amides is 1. The Hall–Kier alpha value is -2.08. The van der Waals surface area contributed by atoms with E-state index in [0.717, 1.165) is 5.56 Å². The predicted octanol–water partition coefficient (Wildman–Crippen LogP) is 1.45. The molecule has 4 N–H and O–H groups in total. The number of ether oxygens (including phenoxy) is 1. The van der Waals surface area contributed by atoms with E-state index in [1.54, 1.807) is 19.1 Å². The smallest absolute Gasteiger partial charge is 0.409 e. The summed E-state index contributed by atoms with van der Waals surface area (Å²) in [4.78, 5) is 22.6. The van der Waals surface area contributed by atoms with Gasteiger partial charge >= 0.3 is 12.1 Å². The Kier molecular flexibility index (Phi) is 5.32. The Balaban J connectivity index is 2.52. The molecule has 0 saturated carbocycles. The van der Waals surface area contributed by atoms with Gasteiger partial charge in [0, 0.05) is 0 Å². The summed E-state index contributed by atoms with van der Waals surface area (Å²) in [7, 11) is 0. The quantitative estimate of drug-likeness (QED) is 0.676. The van der Waals surface area contributed by atoms with Crippen LogP contribution >= 0.6 is 0 Å². The largest absolute Gasteiger partial charge is 0.478 e. The second-order valence-electron chi connectivity index (χ2n) is 4.21. The fourth-order valence-electron chi connectivity index (χ4n) is 1.56. The van der Waals surface area contributed by atoms with E-state index in [2.05, 4.69) is 5.32 Å². The first-order chi connectivity index (χ1) is 8.98. The summed E-state index contributed by atoms with van der Waals surface area (Å²) in [5.41, 5.74) is 4.63. The van der Waals surface area contributed by atoms with Crippen LogP contribution in [0, 0.1) is 0 Å². The van der Waals surface area contributed by atoms with Crippen molar-refractivity contribution in [2.45, 2.75) is 32.0 Å². The number of nitrogens with two attached hydrogens (primary N) is 1. The van der Waals surface area contributed by atoms with Crippen LogP contribution in [0.25, 0.3) is 0 Å². The molecule has 6 heteroatoms. The van der Waals surface area contributed by atoms with Gasteiger partial charge in [-0.15, -0.1) is 0 Å². The van der Waals surface area contributed by atoms with E-state index in [1.165, 1.54) is 0 Å². The summed E-state index contributed by atoms with van der Waals surface area (Å²) in [5.74, 6) is -1.29. The molecule has 0 radical (unpaired) electrons. The zero-order chi connectivity index (χ0) is 14.3. The second-order valence-corrected chi connectivity index (χ2v) is 4.21. The van der Waals surface area contributed by atoms with Crippen molar-refractivity contribution in [3.63, 3.8) is 0 Å². The minimum atomic E-state index is -1.79. The molecule has 0 aliphatic rings. The first kappa shape index (κ1) is 15.0. The van der Waals surface area contributed by atoms with Gasteiger partial charge in [-0.3, -0.25) is 11.1 Å². The summed E-state index contributed by atoms with van der Waals surface area (Å²) < 4.78 is 4.93. The lowest BCUT2D eigenvalue weighted by Crippen LogP contribution is -2.61. The van der Waals surface area contributed by atoms with Crippen molar-refractivity contribution in [1.82, 2.24) is 5.32 Å². The number of hydrogen-bond acceptors (Lipinski definition) is 4. The number of hydrogen-bond donors (Lipinski definition) is 3. The highest BCUT2D eigenvalue weighted by Crippen LogP contribution is 2.07. The van der Waals surface area contributed by atoms with Gasteiger partial charge in [0.05, 0.1) is 0 Å². The number of aliphatic carboxylic acids is 1. The summed E-state index contributed by atoms with van der Waals surface area (Å²) in [5, 5.41) is 11.2. The third-order valence-corrected chi connectivity index (χ3v) is 2.56. The van der Waals surface area contributed by atoms with Gasteiger partial charge in [0.1, 0.15) is 6.61 Å². The Morgan fingerprint density at radius 2 is 2.00 bits per heavy atom. The van der Waals surface area contributed by atoms with Gasteiger partial charge in [-0.1, -0.05) is 43.7 Å². The summed E-state index contributed by atoms with van der Waals surface area (Å²) in [6.07, 6.45) is -0.188. The molecule has 6 nitrogen and oxygen atoms in total. The maximum absolute atomic E-state index is 11.5. The molecule has 1 aromatic carbocycles. The van der Waals surface area contributed by atoms with Crippen molar-refractivity contribution in [2.24, 2.45) is 5.73 Å². The fraction of sp³-hybridized carbons (Fsp3) is 0.385. The molecule has 0 spiro atoms. The number of alkyl carbamates (subject to hydrolysis) is 1. The van der Waals surface area contributed by atoms with Gasteiger partial charge in [-0.25, -0.2) is 9.59 Å². The number of rotatable bonds is 6. The number of carbonyl (C=O) groups excluding carboxylic acids is 1. The van der Waals surface area contributed by atoms with Crippen LogP contribution in [0.1, 0.15) is 25.3 Å². The maximum atomic E-state index is 11.5. The van der Waals surface area contributed by atoms with E-state index in [4.69, 9.17) is 15.6 Å². The summed E-state index contributed by atoms with van der Waals surface area (Å²) >= 11 is 0. The first-order valence-corrected chi connectivity index (χ1v) is 5.99. The van der Waals surface area contributed by atoms with Crippen molar-refractivity contribution in [3.05, 3.63) is 35.9 Å². The average molecular weight is 266 g/mol. The maximum Gasteiger partial charge on any atom is 0.409 e. The third kappa shape index (κ3) is 4.59. The molecule has 19 heavy (non-hydrogen) atoms. The van der Waals surface area contributed by atoms with E-state index < -0.39 is 17.7 Å². The van der Waals surface area contributed by atoms with E-state index >= 15 is 0 Å². The Labute approximate surface area is 111 Å². The standard InChI is InChI=1S/C13H18N2O4/c1-2-8-13(14,11(16)17)15-12(18)19-9-10-6-4-3-5-7-10/h3-7H,2,8-9,14H2,1H3,(H,15,18)(H,16,17)/t13-/m0/s1. The molecule has 1 atom stereocenters. The highest BCUT2D eigenvalue weighted by molar-refractivity contribution is 5.83. The molecule has 0 aliphatic carbocycles. The normalized spacial score (nSPS) is 13.4. The minimum Gasteiger partial charge on any atom is -0.478 e. The number of carboxylic acids is 1. The number of benzene rings is 1. The SMILES string of the molecule is CCC[C@](N)(NC(=O)OCc1ccccc1)C(=O)O. The molecule has 0 saturated heterocycles. The highest BCUT2D eigenvalue weighted by Gasteiger charge is 2.35. The fourth-order valence-corrected chi connectivity index (χ4v) is 1.56. The van der Waals surface area contributed by atoms with Crippen molar-refractivity contribution in [2.75, 3.05) is 0 Å². The molecular formula is C13H18N2O4. The molecule has 1 amide bonds. The minimum absolute atomic E-state index is 0.0640. The molecule has 0 aliphatic heterocycles. The third-order valence-electron chi connectivity index (χ3n) is 2.56. The van der Waals surface area contributed by atoms with Gasteiger partial charge in [-0.2, -0.15) is 0 Å². The first-order valence-electron chi connectivity index (χ1n) is 5.99. The number of carboxylic acid groups (broad SMARTS) is 1. The van der Waals surface area contributed by atoms with Crippen LogP contribution in [-0.2, 0) is 16.1 Å². The Morgan fingerprint density at radius 1 is 1.37 bits per heavy atom. The second kappa shape index (κ2) is 6.75. The lowest BCUT2D eigenvalue weighted by molar-refractivity contribution is -0.144. The van der Waals surface area contributed by atoms with Gasteiger partial charge in [0.15, 0.2) is 5.66 Å². The van der Waals surface area contributed by atoms with Crippen LogP contribution in [0.3, 0.4) is 0 Å². The van der Waals surface area contributed by atoms with Crippen LogP contribution in [0.2, 0.25) is 0 Å². The number of carbonyl (C=O) groups is 2. The van der Waals surface area contributed by atoms with Gasteiger partial charge in [-0.05, 0) is 12.0 Å². The molecule has 104 valence electrons. The van der Waals surface area contributed by atoms with E-state index in [-0.39, 0.29) is 13.0 Å². The molecule has 0 heterocycles. The van der Waals surface area contributed by atoms with Crippen LogP contribution in [-0.4, -0.2) is 22.8 Å². The summed E-state index contributed by atoms with van der Waals surface area (Å²) in [6, 6.07) is 9.08. The number of nitrogens with one attached hydrogen (secondary N) is 1. The Bertz CT molecular complexity index is 436. The molecule has 1 aromatic rings. The lowest BCUT2D eigenvalue weighted by atomic mass is 10.1. The van der Waals surface area contributed by atoms with Crippen LogP contribution in [0.5, 0.6) is 0 Å².